The molecule has 0 heterocycles. The van der Waals surface area contributed by atoms with E-state index in [4.69, 9.17) is 4.74 Å². The summed E-state index contributed by atoms with van der Waals surface area (Å²) in [6.07, 6.45) is -0.381. The zero-order valence-corrected chi connectivity index (χ0v) is 13.5. The number of carboxylic acid groups (broad SMARTS) is 1. The van der Waals surface area contributed by atoms with E-state index in [1.165, 1.54) is 19.1 Å². The van der Waals surface area contributed by atoms with Crippen LogP contribution < -0.4 is 10.1 Å². The second-order valence-corrected chi connectivity index (χ2v) is 5.72. The third kappa shape index (κ3) is 4.15. The number of rotatable bonds is 7. The number of nitro groups is 1. The molecule has 0 bridgehead atoms. The molecule has 0 radical (unpaired) electrons. The summed E-state index contributed by atoms with van der Waals surface area (Å²) >= 11 is 3.21. The molecule has 0 fully saturated rings. The maximum Gasteiger partial charge on any atom is 0.323 e. The van der Waals surface area contributed by atoms with E-state index < -0.39 is 22.5 Å². The number of benzene rings is 1. The molecule has 7 nitrogen and oxygen atoms in total. The molecule has 0 saturated heterocycles. The number of aliphatic carboxylic acids is 1. The standard InChI is InChI=1S/C13H17BrN2O5/c1-8(7-13(2,15-3)12(17)18)21-11-9(14)5-4-6-10(11)16(19)20/h4-6,8,15H,7H2,1-3H3,(H,17,18). The van der Waals surface area contributed by atoms with Crippen LogP contribution in [0, 0.1) is 10.1 Å². The van der Waals surface area contributed by atoms with Gasteiger partial charge in [-0.25, -0.2) is 0 Å². The third-order valence-electron chi connectivity index (χ3n) is 3.18. The van der Waals surface area contributed by atoms with Crippen LogP contribution in [0.4, 0.5) is 5.69 Å². The number of para-hydroxylation sites is 1. The normalized spacial score (nSPS) is 15.0. The first-order valence-electron chi connectivity index (χ1n) is 6.23. The fraction of sp³-hybridized carbons (Fsp3) is 0.462. The SMILES string of the molecule is CNC(C)(CC(C)Oc1c(Br)cccc1[N+](=O)[O-])C(=O)O. The molecule has 1 aromatic rings. The Balaban J connectivity index is 2.96. The summed E-state index contributed by atoms with van der Waals surface area (Å²) < 4.78 is 6.04. The minimum absolute atomic E-state index is 0.0961. The number of hydrogen-bond donors (Lipinski definition) is 2. The van der Waals surface area contributed by atoms with Crippen molar-refractivity contribution in [1.82, 2.24) is 5.32 Å². The van der Waals surface area contributed by atoms with Gasteiger partial charge in [-0.15, -0.1) is 0 Å². The van der Waals surface area contributed by atoms with Crippen LogP contribution >= 0.6 is 15.9 Å². The molecule has 0 amide bonds. The second-order valence-electron chi connectivity index (χ2n) is 4.87. The first kappa shape index (κ1) is 17.4. The van der Waals surface area contributed by atoms with Gasteiger partial charge in [-0.1, -0.05) is 6.07 Å². The summed E-state index contributed by atoms with van der Waals surface area (Å²) in [6, 6.07) is 4.50. The Morgan fingerprint density at radius 3 is 2.71 bits per heavy atom. The summed E-state index contributed by atoms with van der Waals surface area (Å²) in [4.78, 5) is 21.7. The highest BCUT2D eigenvalue weighted by molar-refractivity contribution is 9.10. The number of nitrogens with one attached hydrogen (secondary N) is 1. The van der Waals surface area contributed by atoms with Gasteiger partial charge in [-0.05, 0) is 42.9 Å². The van der Waals surface area contributed by atoms with Crippen LogP contribution in [0.15, 0.2) is 22.7 Å². The fourth-order valence-corrected chi connectivity index (χ4v) is 2.32. The van der Waals surface area contributed by atoms with Crippen molar-refractivity contribution in [3.05, 3.63) is 32.8 Å². The van der Waals surface area contributed by atoms with Gasteiger partial charge in [0.2, 0.25) is 5.75 Å². The quantitative estimate of drug-likeness (QED) is 0.572. The van der Waals surface area contributed by atoms with E-state index in [0.29, 0.717) is 4.47 Å². The lowest BCUT2D eigenvalue weighted by molar-refractivity contribution is -0.386. The molecule has 0 spiro atoms. The summed E-state index contributed by atoms with van der Waals surface area (Å²) in [5.41, 5.74) is -1.34. The summed E-state index contributed by atoms with van der Waals surface area (Å²) in [6.45, 7) is 3.20. The fourth-order valence-electron chi connectivity index (χ4n) is 1.87. The zero-order chi connectivity index (χ0) is 16.2. The van der Waals surface area contributed by atoms with Crippen molar-refractivity contribution in [2.75, 3.05) is 7.05 Å². The topological polar surface area (TPSA) is 102 Å². The van der Waals surface area contributed by atoms with Gasteiger partial charge in [0.1, 0.15) is 5.54 Å². The van der Waals surface area contributed by atoms with Crippen LogP contribution in [0.25, 0.3) is 0 Å². The minimum Gasteiger partial charge on any atom is -0.483 e. The molecule has 2 unspecified atom stereocenters. The number of ether oxygens (including phenoxy) is 1. The number of carbonyl (C=O) groups is 1. The summed E-state index contributed by atoms with van der Waals surface area (Å²) in [7, 11) is 1.54. The van der Waals surface area contributed by atoms with E-state index in [2.05, 4.69) is 21.2 Å². The molecule has 1 aromatic carbocycles. The molecule has 0 aliphatic heterocycles. The number of likely N-dealkylation sites (N-methyl/N-ethyl adjacent to an activating group) is 1. The zero-order valence-electron chi connectivity index (χ0n) is 11.9. The smallest absolute Gasteiger partial charge is 0.323 e. The van der Waals surface area contributed by atoms with E-state index in [1.807, 2.05) is 0 Å². The second kappa shape index (κ2) is 6.86. The largest absolute Gasteiger partial charge is 0.483 e. The predicted octanol–water partition coefficient (Wildman–Crippen LogP) is 2.58. The average Bonchev–Trinajstić information content (AvgIpc) is 2.40. The van der Waals surface area contributed by atoms with Crippen LogP contribution in [-0.2, 0) is 4.79 Å². The molecule has 0 aliphatic rings. The van der Waals surface area contributed by atoms with E-state index in [9.17, 15) is 20.0 Å². The molecule has 0 saturated carbocycles. The van der Waals surface area contributed by atoms with Crippen LogP contribution in [-0.4, -0.2) is 34.7 Å². The van der Waals surface area contributed by atoms with Crippen molar-refractivity contribution in [1.29, 1.82) is 0 Å². The first-order valence-corrected chi connectivity index (χ1v) is 7.02. The van der Waals surface area contributed by atoms with Crippen molar-refractivity contribution in [2.45, 2.75) is 31.9 Å². The Kier molecular flexibility index (Phi) is 5.68. The molecule has 21 heavy (non-hydrogen) atoms. The Morgan fingerprint density at radius 1 is 1.62 bits per heavy atom. The van der Waals surface area contributed by atoms with Crippen molar-refractivity contribution in [3.63, 3.8) is 0 Å². The number of hydrogen-bond acceptors (Lipinski definition) is 5. The van der Waals surface area contributed by atoms with Gasteiger partial charge < -0.3 is 15.2 Å². The van der Waals surface area contributed by atoms with Gasteiger partial charge >= 0.3 is 11.7 Å². The average molecular weight is 361 g/mol. The lowest BCUT2D eigenvalue weighted by Crippen LogP contribution is -2.50. The predicted molar refractivity (Wildman–Crippen MR) is 80.6 cm³/mol. The molecule has 116 valence electrons. The van der Waals surface area contributed by atoms with Gasteiger partial charge in [0, 0.05) is 12.5 Å². The first-order chi connectivity index (χ1) is 9.71. The van der Waals surface area contributed by atoms with Gasteiger partial charge in [0.15, 0.2) is 0 Å². The van der Waals surface area contributed by atoms with Crippen molar-refractivity contribution >= 4 is 27.6 Å². The van der Waals surface area contributed by atoms with Crippen molar-refractivity contribution in [3.8, 4) is 5.75 Å². The third-order valence-corrected chi connectivity index (χ3v) is 3.81. The molecule has 0 aliphatic carbocycles. The Hall–Kier alpha value is -1.67. The lowest BCUT2D eigenvalue weighted by atomic mass is 9.95. The van der Waals surface area contributed by atoms with E-state index in [-0.39, 0.29) is 17.9 Å². The van der Waals surface area contributed by atoms with Crippen molar-refractivity contribution < 1.29 is 19.6 Å². The Labute approximate surface area is 130 Å². The number of halogens is 1. The van der Waals surface area contributed by atoms with Crippen LogP contribution in [0.1, 0.15) is 20.3 Å². The summed E-state index contributed by atoms with van der Waals surface area (Å²) in [5, 5.41) is 22.9. The minimum atomic E-state index is -1.17. The highest BCUT2D eigenvalue weighted by atomic mass is 79.9. The molecular weight excluding hydrogens is 344 g/mol. The maximum atomic E-state index is 11.2. The van der Waals surface area contributed by atoms with Gasteiger partial charge in [-0.2, -0.15) is 0 Å². The highest BCUT2D eigenvalue weighted by Gasteiger charge is 2.34. The van der Waals surface area contributed by atoms with E-state index in [0.717, 1.165) is 0 Å². The van der Waals surface area contributed by atoms with Crippen LogP contribution in [0.2, 0.25) is 0 Å². The number of nitro benzene ring substituents is 1. The maximum absolute atomic E-state index is 11.2. The van der Waals surface area contributed by atoms with E-state index >= 15 is 0 Å². The Bertz CT molecular complexity index is 551. The van der Waals surface area contributed by atoms with Gasteiger partial charge in [-0.3, -0.25) is 14.9 Å². The molecule has 8 heteroatoms. The van der Waals surface area contributed by atoms with Crippen molar-refractivity contribution in [2.24, 2.45) is 0 Å². The summed E-state index contributed by atoms with van der Waals surface area (Å²) in [5.74, 6) is -0.916. The molecule has 0 aromatic heterocycles. The van der Waals surface area contributed by atoms with Crippen LogP contribution in [0.5, 0.6) is 5.75 Å². The number of carboxylic acids is 1. The van der Waals surface area contributed by atoms with E-state index in [1.54, 1.807) is 20.0 Å². The molecule has 1 rings (SSSR count). The monoisotopic (exact) mass is 360 g/mol. The highest BCUT2D eigenvalue weighted by Crippen LogP contribution is 2.36. The van der Waals surface area contributed by atoms with Gasteiger partial charge in [0.05, 0.1) is 15.5 Å². The van der Waals surface area contributed by atoms with Crippen LogP contribution in [0.3, 0.4) is 0 Å². The molecule has 2 atom stereocenters. The lowest BCUT2D eigenvalue weighted by Gasteiger charge is -2.27. The molecule has 2 N–H and O–H groups in total. The number of nitrogens with zero attached hydrogens (tertiary/aromatic N) is 1. The van der Waals surface area contributed by atoms with Gasteiger partial charge in [0.25, 0.3) is 0 Å². The molecular formula is C13H17BrN2O5. The Morgan fingerprint density at radius 2 is 2.24 bits per heavy atom.